The summed E-state index contributed by atoms with van der Waals surface area (Å²) in [7, 11) is 0. The van der Waals surface area contributed by atoms with Crippen LogP contribution in [0, 0.1) is 0 Å². The lowest BCUT2D eigenvalue weighted by atomic mass is 10.2. The third kappa shape index (κ3) is 2.62. The van der Waals surface area contributed by atoms with E-state index in [1.165, 1.54) is 6.92 Å². The average molecular weight is 184 g/mol. The summed E-state index contributed by atoms with van der Waals surface area (Å²) in [6.07, 6.45) is 0.248. The number of hydrogen-bond acceptors (Lipinski definition) is 4. The van der Waals surface area contributed by atoms with Crippen molar-refractivity contribution in [2.45, 2.75) is 13.3 Å². The van der Waals surface area contributed by atoms with Crippen molar-refractivity contribution in [2.24, 2.45) is 0 Å². The summed E-state index contributed by atoms with van der Waals surface area (Å²) < 4.78 is 0. The quantitative estimate of drug-likeness (QED) is 0.567. The highest BCUT2D eigenvalue weighted by molar-refractivity contribution is 5.99. The van der Waals surface area contributed by atoms with E-state index in [1.54, 1.807) is 0 Å². The molecule has 0 saturated carbocycles. The van der Waals surface area contributed by atoms with E-state index in [0.717, 1.165) is 4.90 Å². The third-order valence-electron chi connectivity index (χ3n) is 1.84. The van der Waals surface area contributed by atoms with Crippen LogP contribution in [0.15, 0.2) is 0 Å². The van der Waals surface area contributed by atoms with Crippen LogP contribution in [0.5, 0.6) is 0 Å². The van der Waals surface area contributed by atoms with E-state index in [-0.39, 0.29) is 43.7 Å². The van der Waals surface area contributed by atoms with E-state index in [0.29, 0.717) is 0 Å². The van der Waals surface area contributed by atoms with Gasteiger partial charge < -0.3 is 0 Å². The molecular formula is C8H12N2O3. The predicted octanol–water partition coefficient (Wildman–Crippen LogP) is -1.08. The first-order valence-electron chi connectivity index (χ1n) is 4.14. The van der Waals surface area contributed by atoms with Gasteiger partial charge in [0.05, 0.1) is 13.1 Å². The first kappa shape index (κ1) is 9.85. The first-order valence-corrected chi connectivity index (χ1v) is 4.14. The standard InChI is InChI=1S/C8H12N2O3/c1-6(11)2-3-10-7(12)4-9-5-8(10)13/h9H,2-5H2,1H3. The second kappa shape index (κ2) is 4.13. The van der Waals surface area contributed by atoms with Crippen LogP contribution in [0.1, 0.15) is 13.3 Å². The van der Waals surface area contributed by atoms with Gasteiger partial charge >= 0.3 is 0 Å². The Bertz CT molecular complexity index is 234. The Hall–Kier alpha value is -1.23. The number of carbonyl (C=O) groups excluding carboxylic acids is 3. The Morgan fingerprint density at radius 1 is 1.38 bits per heavy atom. The summed E-state index contributed by atoms with van der Waals surface area (Å²) in [6.45, 7) is 2.03. The topological polar surface area (TPSA) is 66.5 Å². The average Bonchev–Trinajstić information content (AvgIpc) is 2.03. The predicted molar refractivity (Wildman–Crippen MR) is 44.9 cm³/mol. The second-order valence-electron chi connectivity index (χ2n) is 2.99. The maximum absolute atomic E-state index is 11.1. The maximum atomic E-state index is 11.1. The minimum Gasteiger partial charge on any atom is -0.300 e. The van der Waals surface area contributed by atoms with Gasteiger partial charge in [-0.3, -0.25) is 24.6 Å². The number of Topliss-reactive ketones (excluding diaryl/α,β-unsaturated/α-hetero) is 1. The highest BCUT2D eigenvalue weighted by Crippen LogP contribution is 1.98. The molecule has 0 aromatic rings. The Balaban J connectivity index is 2.49. The largest absolute Gasteiger partial charge is 0.300 e. The first-order chi connectivity index (χ1) is 6.11. The molecule has 1 fully saturated rings. The number of piperazine rings is 1. The van der Waals surface area contributed by atoms with Crippen LogP contribution in [0.3, 0.4) is 0 Å². The van der Waals surface area contributed by atoms with Gasteiger partial charge in [0.25, 0.3) is 0 Å². The van der Waals surface area contributed by atoms with Crippen LogP contribution in [0.25, 0.3) is 0 Å². The normalized spacial score (nSPS) is 17.8. The summed E-state index contributed by atoms with van der Waals surface area (Å²) in [5, 5.41) is 2.68. The minimum absolute atomic E-state index is 0.0147. The molecule has 1 heterocycles. The molecule has 0 spiro atoms. The molecule has 1 aliphatic rings. The number of nitrogens with one attached hydrogen (secondary N) is 1. The van der Waals surface area contributed by atoms with Crippen molar-refractivity contribution >= 4 is 17.6 Å². The zero-order chi connectivity index (χ0) is 9.84. The molecule has 0 aliphatic carbocycles. The van der Waals surface area contributed by atoms with Gasteiger partial charge in [-0.05, 0) is 6.92 Å². The van der Waals surface area contributed by atoms with Crippen LogP contribution in [0.4, 0.5) is 0 Å². The number of hydrogen-bond donors (Lipinski definition) is 1. The molecule has 5 nitrogen and oxygen atoms in total. The van der Waals surface area contributed by atoms with Crippen molar-refractivity contribution in [3.05, 3.63) is 0 Å². The Kier molecular flexibility index (Phi) is 3.13. The van der Waals surface area contributed by atoms with Gasteiger partial charge in [0, 0.05) is 13.0 Å². The Morgan fingerprint density at radius 2 is 1.92 bits per heavy atom. The Labute approximate surface area is 76.1 Å². The molecule has 0 radical (unpaired) electrons. The van der Waals surface area contributed by atoms with Crippen molar-refractivity contribution in [1.82, 2.24) is 10.2 Å². The van der Waals surface area contributed by atoms with Crippen molar-refractivity contribution in [1.29, 1.82) is 0 Å². The molecular weight excluding hydrogens is 172 g/mol. The van der Waals surface area contributed by atoms with Crippen LogP contribution >= 0.6 is 0 Å². The smallest absolute Gasteiger partial charge is 0.243 e. The highest BCUT2D eigenvalue weighted by atomic mass is 16.2. The van der Waals surface area contributed by atoms with E-state index in [9.17, 15) is 14.4 Å². The number of ketones is 1. The fourth-order valence-electron chi connectivity index (χ4n) is 1.12. The van der Waals surface area contributed by atoms with E-state index in [4.69, 9.17) is 0 Å². The lowest BCUT2D eigenvalue weighted by Gasteiger charge is -2.24. The molecule has 0 aromatic carbocycles. The van der Waals surface area contributed by atoms with Gasteiger partial charge in [0.1, 0.15) is 5.78 Å². The van der Waals surface area contributed by atoms with Crippen LogP contribution < -0.4 is 5.32 Å². The number of carbonyl (C=O) groups is 3. The lowest BCUT2D eigenvalue weighted by molar-refractivity contribution is -0.146. The highest BCUT2D eigenvalue weighted by Gasteiger charge is 2.24. The number of rotatable bonds is 3. The molecule has 0 unspecified atom stereocenters. The molecule has 0 atom stereocenters. The van der Waals surface area contributed by atoms with E-state index in [2.05, 4.69) is 5.32 Å². The third-order valence-corrected chi connectivity index (χ3v) is 1.84. The molecule has 13 heavy (non-hydrogen) atoms. The van der Waals surface area contributed by atoms with Gasteiger partial charge in [-0.15, -0.1) is 0 Å². The van der Waals surface area contributed by atoms with Crippen molar-refractivity contribution in [2.75, 3.05) is 19.6 Å². The number of nitrogens with zero attached hydrogens (tertiary/aromatic N) is 1. The van der Waals surface area contributed by atoms with Crippen molar-refractivity contribution in [3.63, 3.8) is 0 Å². The van der Waals surface area contributed by atoms with Crippen LogP contribution in [0.2, 0.25) is 0 Å². The second-order valence-corrected chi connectivity index (χ2v) is 2.99. The molecule has 1 rings (SSSR count). The molecule has 2 amide bonds. The van der Waals surface area contributed by atoms with Crippen LogP contribution in [-0.2, 0) is 14.4 Å². The van der Waals surface area contributed by atoms with Gasteiger partial charge in [0.15, 0.2) is 0 Å². The van der Waals surface area contributed by atoms with E-state index >= 15 is 0 Å². The number of amides is 2. The molecule has 0 bridgehead atoms. The minimum atomic E-state index is -0.252. The summed E-state index contributed by atoms with van der Waals surface area (Å²) in [6, 6.07) is 0. The zero-order valence-electron chi connectivity index (χ0n) is 7.50. The summed E-state index contributed by atoms with van der Waals surface area (Å²) in [5.41, 5.74) is 0. The van der Waals surface area contributed by atoms with Crippen LogP contribution in [-0.4, -0.2) is 42.1 Å². The summed E-state index contributed by atoms with van der Waals surface area (Å²) >= 11 is 0. The maximum Gasteiger partial charge on any atom is 0.243 e. The molecule has 72 valence electrons. The molecule has 0 aromatic heterocycles. The van der Waals surface area contributed by atoms with Gasteiger partial charge in [0.2, 0.25) is 11.8 Å². The Morgan fingerprint density at radius 3 is 2.38 bits per heavy atom. The van der Waals surface area contributed by atoms with Gasteiger partial charge in [-0.1, -0.05) is 0 Å². The van der Waals surface area contributed by atoms with Gasteiger partial charge in [-0.2, -0.15) is 0 Å². The van der Waals surface area contributed by atoms with E-state index in [1.807, 2.05) is 0 Å². The fraction of sp³-hybridized carbons (Fsp3) is 0.625. The molecule has 1 saturated heterocycles. The van der Waals surface area contributed by atoms with Crippen molar-refractivity contribution in [3.8, 4) is 0 Å². The van der Waals surface area contributed by atoms with Gasteiger partial charge in [-0.25, -0.2) is 0 Å². The molecule has 1 N–H and O–H groups in total. The fourth-order valence-corrected chi connectivity index (χ4v) is 1.12. The monoisotopic (exact) mass is 184 g/mol. The molecule has 1 aliphatic heterocycles. The summed E-state index contributed by atoms with van der Waals surface area (Å²) in [4.78, 5) is 34.1. The molecule has 5 heteroatoms. The lowest BCUT2D eigenvalue weighted by Crippen LogP contribution is -2.52. The zero-order valence-corrected chi connectivity index (χ0v) is 7.50. The number of imide groups is 1. The van der Waals surface area contributed by atoms with E-state index < -0.39 is 0 Å². The van der Waals surface area contributed by atoms with Crippen molar-refractivity contribution < 1.29 is 14.4 Å². The SMILES string of the molecule is CC(=O)CCN1C(=O)CNCC1=O. The summed E-state index contributed by atoms with van der Waals surface area (Å²) in [5.74, 6) is -0.519.